The van der Waals surface area contributed by atoms with E-state index in [0.29, 0.717) is 0 Å². The highest BCUT2D eigenvalue weighted by Gasteiger charge is 2.12. The molecular weight excluding hydrogens is 162 g/mol. The summed E-state index contributed by atoms with van der Waals surface area (Å²) in [5, 5.41) is 3.38. The van der Waals surface area contributed by atoms with Crippen LogP contribution in [0.2, 0.25) is 0 Å². The summed E-state index contributed by atoms with van der Waals surface area (Å²) in [5.41, 5.74) is 1.09. The Labute approximate surface area is 79.6 Å². The maximum atomic E-state index is 5.33. The molecule has 1 aromatic rings. The van der Waals surface area contributed by atoms with Gasteiger partial charge in [0.15, 0.2) is 0 Å². The Morgan fingerprint density at radius 3 is 2.92 bits per heavy atom. The molecule has 2 heteroatoms. The van der Waals surface area contributed by atoms with Crippen LogP contribution in [-0.2, 0) is 0 Å². The fourth-order valence-corrected chi connectivity index (χ4v) is 1.26. The van der Waals surface area contributed by atoms with E-state index in [1.165, 1.54) is 0 Å². The van der Waals surface area contributed by atoms with Gasteiger partial charge in [-0.25, -0.2) is 0 Å². The zero-order chi connectivity index (χ0) is 9.68. The lowest BCUT2D eigenvalue weighted by molar-refractivity contribution is 0.443. The Bertz CT molecular complexity index is 251. The minimum absolute atomic E-state index is 0.162. The van der Waals surface area contributed by atoms with Crippen molar-refractivity contribution < 1.29 is 4.42 Å². The van der Waals surface area contributed by atoms with Crippen molar-refractivity contribution in [2.75, 3.05) is 6.54 Å². The van der Waals surface area contributed by atoms with Crippen molar-refractivity contribution in [3.05, 3.63) is 36.3 Å². The van der Waals surface area contributed by atoms with Crippen LogP contribution in [0.4, 0.5) is 0 Å². The van der Waals surface area contributed by atoms with E-state index in [4.69, 9.17) is 4.42 Å². The molecule has 13 heavy (non-hydrogen) atoms. The highest BCUT2D eigenvalue weighted by molar-refractivity contribution is 5.16. The standard InChI is InChI=1S/C11H17NO/c1-4-7-12-11(9(2)3)10-6-5-8-13-10/h5-6,8,11-12H,2,4,7H2,1,3H3. The third kappa shape index (κ3) is 2.74. The molecule has 0 aliphatic heterocycles. The highest BCUT2D eigenvalue weighted by atomic mass is 16.3. The van der Waals surface area contributed by atoms with Gasteiger partial charge in [0.1, 0.15) is 5.76 Å². The Morgan fingerprint density at radius 2 is 2.46 bits per heavy atom. The molecule has 0 saturated carbocycles. The van der Waals surface area contributed by atoms with Crippen LogP contribution in [0.1, 0.15) is 32.1 Å². The molecule has 1 heterocycles. The van der Waals surface area contributed by atoms with Gasteiger partial charge in [-0.1, -0.05) is 19.1 Å². The molecule has 0 spiro atoms. The molecule has 1 atom stereocenters. The van der Waals surface area contributed by atoms with Gasteiger partial charge in [0.05, 0.1) is 12.3 Å². The number of furan rings is 1. The van der Waals surface area contributed by atoms with E-state index in [9.17, 15) is 0 Å². The summed E-state index contributed by atoms with van der Waals surface area (Å²) < 4.78 is 5.33. The fourth-order valence-electron chi connectivity index (χ4n) is 1.26. The first kappa shape index (κ1) is 10.1. The van der Waals surface area contributed by atoms with Crippen LogP contribution in [0.5, 0.6) is 0 Å². The quantitative estimate of drug-likeness (QED) is 0.703. The molecule has 0 saturated heterocycles. The predicted molar refractivity (Wildman–Crippen MR) is 54.6 cm³/mol. The monoisotopic (exact) mass is 179 g/mol. The van der Waals surface area contributed by atoms with Crippen molar-refractivity contribution in [2.45, 2.75) is 26.3 Å². The first-order chi connectivity index (χ1) is 6.25. The first-order valence-corrected chi connectivity index (χ1v) is 4.68. The van der Waals surface area contributed by atoms with E-state index < -0.39 is 0 Å². The van der Waals surface area contributed by atoms with Crippen molar-refractivity contribution in [3.8, 4) is 0 Å². The molecule has 0 aromatic carbocycles. The average Bonchev–Trinajstić information content (AvgIpc) is 2.57. The van der Waals surface area contributed by atoms with Crippen molar-refractivity contribution in [2.24, 2.45) is 0 Å². The molecule has 72 valence electrons. The molecule has 0 radical (unpaired) electrons. The lowest BCUT2D eigenvalue weighted by atomic mass is 10.1. The highest BCUT2D eigenvalue weighted by Crippen LogP contribution is 2.19. The van der Waals surface area contributed by atoms with Crippen molar-refractivity contribution in [3.63, 3.8) is 0 Å². The molecule has 1 aromatic heterocycles. The van der Waals surface area contributed by atoms with Gasteiger partial charge in [0.2, 0.25) is 0 Å². The topological polar surface area (TPSA) is 25.2 Å². The smallest absolute Gasteiger partial charge is 0.124 e. The van der Waals surface area contributed by atoms with Gasteiger partial charge in [-0.2, -0.15) is 0 Å². The van der Waals surface area contributed by atoms with Crippen LogP contribution in [0.3, 0.4) is 0 Å². The largest absolute Gasteiger partial charge is 0.467 e. The molecular formula is C11H17NO. The molecule has 0 amide bonds. The second-order valence-electron chi connectivity index (χ2n) is 3.25. The Kier molecular flexibility index (Phi) is 3.77. The van der Waals surface area contributed by atoms with Crippen molar-refractivity contribution in [1.82, 2.24) is 5.32 Å². The van der Waals surface area contributed by atoms with Gasteiger partial charge in [0.25, 0.3) is 0 Å². The molecule has 0 bridgehead atoms. The molecule has 0 fully saturated rings. The lowest BCUT2D eigenvalue weighted by Crippen LogP contribution is -2.22. The Balaban J connectivity index is 2.63. The van der Waals surface area contributed by atoms with Gasteiger partial charge in [-0.15, -0.1) is 0 Å². The number of hydrogen-bond acceptors (Lipinski definition) is 2. The Morgan fingerprint density at radius 1 is 1.69 bits per heavy atom. The van der Waals surface area contributed by atoms with E-state index >= 15 is 0 Å². The van der Waals surface area contributed by atoms with E-state index in [-0.39, 0.29) is 6.04 Å². The van der Waals surface area contributed by atoms with E-state index in [2.05, 4.69) is 18.8 Å². The van der Waals surface area contributed by atoms with E-state index in [1.807, 2.05) is 19.1 Å². The van der Waals surface area contributed by atoms with Crippen LogP contribution in [0.15, 0.2) is 35.0 Å². The normalized spacial score (nSPS) is 12.8. The number of hydrogen-bond donors (Lipinski definition) is 1. The Hall–Kier alpha value is -1.02. The van der Waals surface area contributed by atoms with E-state index in [0.717, 1.165) is 24.3 Å². The molecule has 1 unspecified atom stereocenters. The lowest BCUT2D eigenvalue weighted by Gasteiger charge is -2.15. The minimum atomic E-state index is 0.162. The summed E-state index contributed by atoms with van der Waals surface area (Å²) in [6, 6.07) is 4.04. The zero-order valence-electron chi connectivity index (χ0n) is 8.34. The summed E-state index contributed by atoms with van der Waals surface area (Å²) in [6.07, 6.45) is 2.81. The van der Waals surface area contributed by atoms with Crippen molar-refractivity contribution in [1.29, 1.82) is 0 Å². The average molecular weight is 179 g/mol. The van der Waals surface area contributed by atoms with Gasteiger partial charge in [0, 0.05) is 0 Å². The summed E-state index contributed by atoms with van der Waals surface area (Å²) >= 11 is 0. The van der Waals surface area contributed by atoms with Crippen LogP contribution >= 0.6 is 0 Å². The number of nitrogens with one attached hydrogen (secondary N) is 1. The molecule has 2 nitrogen and oxygen atoms in total. The van der Waals surface area contributed by atoms with Gasteiger partial charge in [-0.05, 0) is 32.0 Å². The predicted octanol–water partition coefficient (Wildman–Crippen LogP) is 2.90. The summed E-state index contributed by atoms with van der Waals surface area (Å²) in [4.78, 5) is 0. The van der Waals surface area contributed by atoms with Gasteiger partial charge < -0.3 is 9.73 Å². The third-order valence-corrected chi connectivity index (χ3v) is 1.92. The molecule has 1 N–H and O–H groups in total. The molecule has 1 rings (SSSR count). The minimum Gasteiger partial charge on any atom is -0.467 e. The molecule has 0 aliphatic rings. The van der Waals surface area contributed by atoms with Crippen LogP contribution in [0, 0.1) is 0 Å². The first-order valence-electron chi connectivity index (χ1n) is 4.68. The van der Waals surface area contributed by atoms with Gasteiger partial charge >= 0.3 is 0 Å². The maximum Gasteiger partial charge on any atom is 0.124 e. The summed E-state index contributed by atoms with van der Waals surface area (Å²) in [5.74, 6) is 0.945. The fraction of sp³-hybridized carbons (Fsp3) is 0.455. The van der Waals surface area contributed by atoms with Crippen LogP contribution in [-0.4, -0.2) is 6.54 Å². The SMILES string of the molecule is C=C(C)C(NCCC)c1ccco1. The van der Waals surface area contributed by atoms with E-state index in [1.54, 1.807) is 6.26 Å². The van der Waals surface area contributed by atoms with Crippen LogP contribution in [0.25, 0.3) is 0 Å². The third-order valence-electron chi connectivity index (χ3n) is 1.92. The second kappa shape index (κ2) is 4.87. The number of rotatable bonds is 5. The van der Waals surface area contributed by atoms with Crippen molar-refractivity contribution >= 4 is 0 Å². The second-order valence-corrected chi connectivity index (χ2v) is 3.25. The van der Waals surface area contributed by atoms with Crippen LogP contribution < -0.4 is 5.32 Å². The molecule has 0 aliphatic carbocycles. The maximum absolute atomic E-state index is 5.33. The summed E-state index contributed by atoms with van der Waals surface area (Å²) in [6.45, 7) is 9.08. The summed E-state index contributed by atoms with van der Waals surface area (Å²) in [7, 11) is 0. The van der Waals surface area contributed by atoms with Gasteiger partial charge in [-0.3, -0.25) is 0 Å². The zero-order valence-corrected chi connectivity index (χ0v) is 8.34.